The van der Waals surface area contributed by atoms with E-state index in [0.717, 1.165) is 36.0 Å². The zero-order chi connectivity index (χ0) is 24.5. The Bertz CT molecular complexity index is 975. The predicted molar refractivity (Wildman–Crippen MR) is 129 cm³/mol. The van der Waals surface area contributed by atoms with Crippen LogP contribution in [0.15, 0.2) is 72.8 Å². The molecule has 3 aromatic carbocycles. The predicted octanol–water partition coefficient (Wildman–Crippen LogP) is 5.23. The zero-order valence-corrected chi connectivity index (χ0v) is 22.0. The molecule has 6 nitrogen and oxygen atoms in total. The second-order valence-electron chi connectivity index (χ2n) is 7.66. The molecule has 0 spiro atoms. The van der Waals surface area contributed by atoms with Crippen molar-refractivity contribution in [3.8, 4) is 0 Å². The number of aryl methyl sites for hydroxylation is 3. The van der Waals surface area contributed by atoms with Gasteiger partial charge in [0.2, 0.25) is 0 Å². The second-order valence-corrected chi connectivity index (χ2v) is 10.4. The third-order valence-corrected chi connectivity index (χ3v) is 7.96. The summed E-state index contributed by atoms with van der Waals surface area (Å²) in [5.41, 5.74) is 4.08. The van der Waals surface area contributed by atoms with E-state index in [4.69, 9.17) is 10.6 Å². The molecule has 174 valence electrons. The van der Waals surface area contributed by atoms with Gasteiger partial charge in [0.1, 0.15) is 0 Å². The van der Waals surface area contributed by atoms with Gasteiger partial charge in [-0.15, -0.1) is 0 Å². The van der Waals surface area contributed by atoms with E-state index in [1.807, 2.05) is 57.2 Å². The van der Waals surface area contributed by atoms with Gasteiger partial charge in [0, 0.05) is 0 Å². The third-order valence-electron chi connectivity index (χ3n) is 5.40. The van der Waals surface area contributed by atoms with Crippen molar-refractivity contribution in [3.63, 3.8) is 0 Å². The van der Waals surface area contributed by atoms with Gasteiger partial charge in [-0.05, 0) is 0 Å². The van der Waals surface area contributed by atoms with E-state index in [1.54, 1.807) is 36.4 Å². The molecule has 7 heteroatoms. The topological polar surface area (TPSA) is 78.9 Å². The van der Waals surface area contributed by atoms with Crippen LogP contribution in [0.2, 0.25) is 0 Å². The molecule has 0 atom stereocenters. The Hall–Kier alpha value is -3.29. The van der Waals surface area contributed by atoms with Crippen LogP contribution in [0, 0.1) is 0 Å². The molecule has 0 aliphatic heterocycles. The van der Waals surface area contributed by atoms with Crippen LogP contribution in [0.4, 0.5) is 0 Å². The molecule has 3 aromatic rings. The van der Waals surface area contributed by atoms with Gasteiger partial charge in [0.15, 0.2) is 0 Å². The Kier molecular flexibility index (Phi) is 9.13. The van der Waals surface area contributed by atoms with Crippen molar-refractivity contribution >= 4 is 35.2 Å². The fourth-order valence-electron chi connectivity index (χ4n) is 3.17. The fourth-order valence-corrected chi connectivity index (χ4v) is 5.43. The molecular weight excluding hydrogens is 490 g/mol. The Morgan fingerprint density at radius 3 is 0.941 bits per heavy atom. The molecule has 0 saturated heterocycles. The minimum atomic E-state index is -4.11. The Balaban J connectivity index is 1.77. The molecule has 0 aromatic heterocycles. The van der Waals surface area contributed by atoms with Gasteiger partial charge in [0.05, 0.1) is 0 Å². The summed E-state index contributed by atoms with van der Waals surface area (Å²) >= 11 is -4.11. The second kappa shape index (κ2) is 12.2. The van der Waals surface area contributed by atoms with Crippen LogP contribution in [0.25, 0.3) is 0 Å². The molecule has 0 radical (unpaired) electrons. The van der Waals surface area contributed by atoms with Crippen LogP contribution in [-0.2, 0) is 29.9 Å². The first-order chi connectivity index (χ1) is 16.4. The number of carbonyl (C=O) groups excluding carboxylic acids is 3. The molecule has 0 unspecified atom stereocenters. The van der Waals surface area contributed by atoms with Crippen molar-refractivity contribution < 1.29 is 25.0 Å². The summed E-state index contributed by atoms with van der Waals surface area (Å²) in [5, 5.41) is 0. The average Bonchev–Trinajstić information content (AvgIpc) is 2.88. The number of hydrogen-bond acceptors (Lipinski definition) is 6. The number of hydrogen-bond donors (Lipinski definition) is 0. The summed E-state index contributed by atoms with van der Waals surface area (Å²) in [5.74, 6) is -2.09. The first-order valence-corrected chi connectivity index (χ1v) is 14.3. The van der Waals surface area contributed by atoms with E-state index < -0.39 is 35.2 Å². The molecule has 0 amide bonds. The molecule has 0 saturated carbocycles. The summed E-state index contributed by atoms with van der Waals surface area (Å²) in [4.78, 5) is 38.1. The van der Waals surface area contributed by atoms with Crippen molar-refractivity contribution in [1.29, 1.82) is 0 Å². The molecule has 0 aliphatic rings. The van der Waals surface area contributed by atoms with E-state index in [9.17, 15) is 14.4 Å². The average molecular weight is 517 g/mol. The number of benzene rings is 3. The van der Waals surface area contributed by atoms with Crippen molar-refractivity contribution in [2.75, 3.05) is 0 Å². The standard InChI is InChI=1S/3C9H10O2.Ga/c3*1-2-7-3-5-8(6-4-7)9(10)11;/h3*3-6H,2H2,1H3,(H,10,11);/q;;;+3/p-3. The Morgan fingerprint density at radius 1 is 0.500 bits per heavy atom. The van der Waals surface area contributed by atoms with Crippen LogP contribution in [-0.4, -0.2) is 35.2 Å². The summed E-state index contributed by atoms with van der Waals surface area (Å²) < 4.78 is 16.3. The number of rotatable bonds is 9. The molecule has 0 fully saturated rings. The molecule has 0 N–H and O–H groups in total. The van der Waals surface area contributed by atoms with Crippen LogP contribution in [0.3, 0.4) is 0 Å². The maximum absolute atomic E-state index is 12.7. The van der Waals surface area contributed by atoms with E-state index in [2.05, 4.69) is 0 Å². The molecular formula is C27H27GaO6. The van der Waals surface area contributed by atoms with Gasteiger partial charge in [-0.2, -0.15) is 0 Å². The maximum atomic E-state index is 12.7. The van der Waals surface area contributed by atoms with E-state index in [0.29, 0.717) is 16.7 Å². The normalized spacial score (nSPS) is 10.3. The van der Waals surface area contributed by atoms with Gasteiger partial charge >= 0.3 is 206 Å². The molecule has 0 bridgehead atoms. The van der Waals surface area contributed by atoms with Crippen LogP contribution in [0.5, 0.6) is 0 Å². The summed E-state index contributed by atoms with van der Waals surface area (Å²) in [6, 6.07) is 20.7. The molecule has 0 aliphatic carbocycles. The van der Waals surface area contributed by atoms with Crippen molar-refractivity contribution in [2.24, 2.45) is 0 Å². The van der Waals surface area contributed by atoms with Crippen LogP contribution in [0.1, 0.15) is 68.5 Å². The third kappa shape index (κ3) is 6.85. The van der Waals surface area contributed by atoms with Gasteiger partial charge < -0.3 is 0 Å². The molecule has 34 heavy (non-hydrogen) atoms. The van der Waals surface area contributed by atoms with Gasteiger partial charge in [-0.25, -0.2) is 0 Å². The Labute approximate surface area is 206 Å². The van der Waals surface area contributed by atoms with Crippen LogP contribution >= 0.6 is 0 Å². The first-order valence-electron chi connectivity index (χ1n) is 11.3. The SMILES string of the molecule is CCc1ccc(C(=O)[O][Ga]([O]C(=O)c2ccc(CC)cc2)[O]C(=O)c2ccc(CC)cc2)cc1. The van der Waals surface area contributed by atoms with Gasteiger partial charge in [-0.1, -0.05) is 0 Å². The molecule has 3 rings (SSSR count). The van der Waals surface area contributed by atoms with Crippen molar-refractivity contribution in [1.82, 2.24) is 0 Å². The Morgan fingerprint density at radius 2 is 0.735 bits per heavy atom. The summed E-state index contributed by atoms with van der Waals surface area (Å²) in [6.45, 7) is 6.03. The van der Waals surface area contributed by atoms with Crippen molar-refractivity contribution in [3.05, 3.63) is 106 Å². The number of carbonyl (C=O) groups is 3. The van der Waals surface area contributed by atoms with Crippen LogP contribution < -0.4 is 0 Å². The van der Waals surface area contributed by atoms with E-state index in [1.165, 1.54) is 0 Å². The minimum absolute atomic E-state index is 0.291. The summed E-state index contributed by atoms with van der Waals surface area (Å²) in [7, 11) is 0. The zero-order valence-electron chi connectivity index (χ0n) is 19.6. The van der Waals surface area contributed by atoms with E-state index in [-0.39, 0.29) is 0 Å². The first kappa shape index (κ1) is 25.3. The summed E-state index contributed by atoms with van der Waals surface area (Å²) in [6.07, 6.45) is 2.50. The van der Waals surface area contributed by atoms with Crippen molar-refractivity contribution in [2.45, 2.75) is 40.0 Å². The monoisotopic (exact) mass is 516 g/mol. The van der Waals surface area contributed by atoms with Gasteiger partial charge in [0.25, 0.3) is 0 Å². The quantitative estimate of drug-likeness (QED) is 0.362. The van der Waals surface area contributed by atoms with E-state index >= 15 is 0 Å². The molecule has 0 heterocycles. The fraction of sp³-hybridized carbons (Fsp3) is 0.222. The van der Waals surface area contributed by atoms with Gasteiger partial charge in [-0.3, -0.25) is 0 Å².